The van der Waals surface area contributed by atoms with Crippen LogP contribution < -0.4 is 16.3 Å². The Morgan fingerprint density at radius 3 is 1.84 bits per heavy atom. The third-order valence-electron chi connectivity index (χ3n) is 6.43. The van der Waals surface area contributed by atoms with Crippen molar-refractivity contribution in [3.8, 4) is 0 Å². The smallest absolute Gasteiger partial charge is 0.254 e. The van der Waals surface area contributed by atoms with Crippen LogP contribution in [-0.4, -0.2) is 45.9 Å². The molecule has 1 aromatic rings. The number of nitrogens with one attached hydrogen (secondary N) is 3. The van der Waals surface area contributed by atoms with Gasteiger partial charge in [-0.3, -0.25) is 24.2 Å². The Bertz CT molecular complexity index is 1420. The van der Waals surface area contributed by atoms with Crippen molar-refractivity contribution in [1.82, 2.24) is 20.7 Å². The molecule has 4 rings (SSSR count). The maximum absolute atomic E-state index is 11.3. The Morgan fingerprint density at radius 1 is 0.867 bits per heavy atom. The number of hydrogen-bond donors (Lipinski definition) is 3. The first kappa shape index (κ1) is 40.8. The second-order valence-corrected chi connectivity index (χ2v) is 13.9. The molecule has 1 aromatic heterocycles. The van der Waals surface area contributed by atoms with E-state index in [0.717, 1.165) is 16.7 Å². The molecule has 4 heterocycles. The topological polar surface area (TPSA) is 146 Å². The summed E-state index contributed by atoms with van der Waals surface area (Å²) in [5.41, 5.74) is 6.70. The SMILES string of the molecule is C.C=C1C=CNC=C1C(C)(C)C.CC(C)(C)C1=CC=NCC1=O.CC(C)(C)c1cnc[nH]c1=O.CC(C)C1=NNC(=O)CC1=O. The van der Waals surface area contributed by atoms with E-state index in [1.807, 2.05) is 79.9 Å². The number of aliphatic imine (C=N–C) groups is 1. The largest absolute Gasteiger partial charge is 0.367 e. The molecule has 0 atom stereocenters. The van der Waals surface area contributed by atoms with E-state index in [2.05, 4.69) is 58.2 Å². The number of H-pyrrole nitrogens is 1. The molecule has 0 aliphatic carbocycles. The number of dihydropyridines is 2. The average Bonchev–Trinajstić information content (AvgIpc) is 2.88. The van der Waals surface area contributed by atoms with Crippen molar-refractivity contribution in [3.63, 3.8) is 0 Å². The highest BCUT2D eigenvalue weighted by Crippen LogP contribution is 2.31. The fourth-order valence-corrected chi connectivity index (χ4v) is 4.06. The Labute approximate surface area is 269 Å². The lowest BCUT2D eigenvalue weighted by Gasteiger charge is -2.25. The fourth-order valence-electron chi connectivity index (χ4n) is 4.06. The van der Waals surface area contributed by atoms with E-state index >= 15 is 0 Å². The van der Waals surface area contributed by atoms with Crippen molar-refractivity contribution >= 4 is 29.4 Å². The number of carbonyl (C=O) groups is 3. The first-order valence-electron chi connectivity index (χ1n) is 14.6. The number of Topliss-reactive ketones (excluding diaryl/α,β-unsaturated/α-hetero) is 2. The van der Waals surface area contributed by atoms with Gasteiger partial charge in [0.25, 0.3) is 5.56 Å². The number of carbonyl (C=O) groups excluding carboxylic acids is 3. The number of amides is 1. The van der Waals surface area contributed by atoms with Gasteiger partial charge in [-0.05, 0) is 39.5 Å². The average molecular weight is 623 g/mol. The second-order valence-electron chi connectivity index (χ2n) is 13.9. The summed E-state index contributed by atoms with van der Waals surface area (Å²) in [7, 11) is 0. The van der Waals surface area contributed by atoms with Gasteiger partial charge in [0.1, 0.15) is 12.3 Å². The molecule has 10 nitrogen and oxygen atoms in total. The van der Waals surface area contributed by atoms with E-state index in [4.69, 9.17) is 0 Å². The predicted molar refractivity (Wildman–Crippen MR) is 185 cm³/mol. The predicted octanol–water partition coefficient (Wildman–Crippen LogP) is 5.99. The summed E-state index contributed by atoms with van der Waals surface area (Å²) in [6.45, 7) is 26.7. The normalized spacial score (nSPS) is 16.1. The number of ketones is 2. The zero-order valence-corrected chi connectivity index (χ0v) is 28.2. The van der Waals surface area contributed by atoms with Crippen molar-refractivity contribution in [2.24, 2.45) is 26.8 Å². The molecule has 0 saturated heterocycles. The van der Waals surface area contributed by atoms with E-state index in [1.54, 1.807) is 12.4 Å². The molecule has 248 valence electrons. The monoisotopic (exact) mass is 622 g/mol. The molecular weight excluding hydrogens is 568 g/mol. The van der Waals surface area contributed by atoms with Crippen LogP contribution in [0.25, 0.3) is 0 Å². The Balaban J connectivity index is 0.000000569. The number of aromatic amines is 1. The fraction of sp³-hybridized carbons (Fsp3) is 0.514. The molecule has 0 fully saturated rings. The summed E-state index contributed by atoms with van der Waals surface area (Å²) in [5.74, 6) is -0.244. The van der Waals surface area contributed by atoms with Gasteiger partial charge in [-0.25, -0.2) is 10.4 Å². The van der Waals surface area contributed by atoms with Gasteiger partial charge in [-0.15, -0.1) is 0 Å². The molecular formula is C35H54N6O4. The molecule has 3 aliphatic rings. The van der Waals surface area contributed by atoms with Crippen LogP contribution in [0.1, 0.15) is 95.6 Å². The highest BCUT2D eigenvalue weighted by molar-refractivity contribution is 6.44. The minimum atomic E-state index is -0.320. The van der Waals surface area contributed by atoms with Crippen LogP contribution in [0.15, 0.2) is 75.3 Å². The van der Waals surface area contributed by atoms with E-state index in [-0.39, 0.29) is 59.0 Å². The summed E-state index contributed by atoms with van der Waals surface area (Å²) >= 11 is 0. The summed E-state index contributed by atoms with van der Waals surface area (Å²) in [6.07, 6.45) is 12.4. The quantitative estimate of drug-likeness (QED) is 0.328. The molecule has 0 spiro atoms. The Hall–Kier alpha value is -4.21. The molecule has 0 bridgehead atoms. The third kappa shape index (κ3) is 14.0. The lowest BCUT2D eigenvalue weighted by atomic mass is 9.82. The van der Waals surface area contributed by atoms with Crippen molar-refractivity contribution in [2.75, 3.05) is 6.54 Å². The summed E-state index contributed by atoms with van der Waals surface area (Å²) in [5, 5.41) is 6.73. The molecule has 3 aliphatic heterocycles. The Morgan fingerprint density at radius 2 is 1.47 bits per heavy atom. The maximum atomic E-state index is 11.3. The van der Waals surface area contributed by atoms with Crippen molar-refractivity contribution in [3.05, 3.63) is 76.3 Å². The first-order chi connectivity index (χ1) is 20.2. The van der Waals surface area contributed by atoms with E-state index < -0.39 is 0 Å². The standard InChI is InChI=1S/C10H15N.C9H13NO.C8H12N2O.C7H10N2O2.CH4/c1-8-5-6-11-7-9(8)10(2,3)4;1-9(2,3)7-4-5-10-6-8(7)11;1-8(2,3)6-4-9-5-10-7(6)11;1-4(2)7-5(10)3-6(11)8-9-7;/h5-7,11H,1H2,2-4H3;4-5H,6H2,1-3H3;4-5H,1-3H3,(H,9,10,11);4H,3H2,1-2H3,(H,8,11);1H4. The zero-order valence-electron chi connectivity index (χ0n) is 28.2. The second kappa shape index (κ2) is 17.3. The number of hydrogen-bond acceptors (Lipinski definition) is 8. The van der Waals surface area contributed by atoms with Crippen LogP contribution in [0.3, 0.4) is 0 Å². The molecule has 3 N–H and O–H groups in total. The van der Waals surface area contributed by atoms with Gasteiger partial charge in [0.15, 0.2) is 11.6 Å². The van der Waals surface area contributed by atoms with Crippen molar-refractivity contribution in [1.29, 1.82) is 0 Å². The van der Waals surface area contributed by atoms with Crippen LogP contribution in [0, 0.1) is 16.7 Å². The van der Waals surface area contributed by atoms with Crippen LogP contribution >= 0.6 is 0 Å². The van der Waals surface area contributed by atoms with Gasteiger partial charge >= 0.3 is 0 Å². The van der Waals surface area contributed by atoms with Gasteiger partial charge in [0.05, 0.1) is 12.7 Å². The number of allylic oxidation sites excluding steroid dienone is 4. The molecule has 0 radical (unpaired) electrons. The van der Waals surface area contributed by atoms with Gasteiger partial charge in [-0.1, -0.05) is 90.2 Å². The maximum Gasteiger partial charge on any atom is 0.254 e. The van der Waals surface area contributed by atoms with Gasteiger partial charge < -0.3 is 10.3 Å². The van der Waals surface area contributed by atoms with E-state index in [9.17, 15) is 19.2 Å². The Kier molecular flexibility index (Phi) is 15.7. The van der Waals surface area contributed by atoms with Crippen molar-refractivity contribution < 1.29 is 14.4 Å². The van der Waals surface area contributed by atoms with E-state index in [1.165, 1.54) is 11.9 Å². The van der Waals surface area contributed by atoms with E-state index in [0.29, 0.717) is 12.3 Å². The molecule has 45 heavy (non-hydrogen) atoms. The number of aromatic nitrogens is 2. The van der Waals surface area contributed by atoms with Crippen LogP contribution in [0.2, 0.25) is 0 Å². The molecule has 10 heteroatoms. The van der Waals surface area contributed by atoms with Gasteiger partial charge in [0, 0.05) is 41.9 Å². The summed E-state index contributed by atoms with van der Waals surface area (Å²) in [6, 6.07) is 0. The van der Waals surface area contributed by atoms with Crippen LogP contribution in [0.4, 0.5) is 0 Å². The lowest BCUT2D eigenvalue weighted by Crippen LogP contribution is -2.35. The lowest BCUT2D eigenvalue weighted by molar-refractivity contribution is -0.126. The third-order valence-corrected chi connectivity index (χ3v) is 6.43. The molecule has 0 saturated carbocycles. The summed E-state index contributed by atoms with van der Waals surface area (Å²) < 4.78 is 0. The molecule has 0 aromatic carbocycles. The number of hydrazone groups is 1. The minimum absolute atomic E-state index is 0. The highest BCUT2D eigenvalue weighted by Gasteiger charge is 2.24. The van der Waals surface area contributed by atoms with Crippen LogP contribution in [0.5, 0.6) is 0 Å². The molecule has 0 unspecified atom stereocenters. The van der Waals surface area contributed by atoms with Crippen LogP contribution in [-0.2, 0) is 19.8 Å². The zero-order chi connectivity index (χ0) is 33.9. The highest BCUT2D eigenvalue weighted by atomic mass is 16.2. The van der Waals surface area contributed by atoms with Crippen molar-refractivity contribution in [2.45, 2.75) is 95.4 Å². The first-order valence-corrected chi connectivity index (χ1v) is 14.6. The number of nitrogens with zero attached hydrogens (tertiary/aromatic N) is 3. The minimum Gasteiger partial charge on any atom is -0.367 e. The van der Waals surface area contributed by atoms with Gasteiger partial charge in [0.2, 0.25) is 5.91 Å². The van der Waals surface area contributed by atoms with Gasteiger partial charge in [-0.2, -0.15) is 5.10 Å². The summed E-state index contributed by atoms with van der Waals surface area (Å²) in [4.78, 5) is 54.4. The molecule has 1 amide bonds. The number of rotatable bonds is 1.